The maximum absolute atomic E-state index is 9.80. The highest BCUT2D eigenvalue weighted by Crippen LogP contribution is 2.30. The molecule has 1 N–H and O–H groups in total. The molecule has 2 nitrogen and oxygen atoms in total. The minimum atomic E-state index is -0.285. The van der Waals surface area contributed by atoms with Gasteiger partial charge in [0.2, 0.25) is 0 Å². The summed E-state index contributed by atoms with van der Waals surface area (Å²) in [5, 5.41) is 9.80. The first-order valence-corrected chi connectivity index (χ1v) is 6.64. The van der Waals surface area contributed by atoms with Crippen molar-refractivity contribution in [1.29, 1.82) is 0 Å². The van der Waals surface area contributed by atoms with E-state index in [0.717, 1.165) is 12.5 Å². The minimum Gasteiger partial charge on any atom is -0.379 e. The monoisotopic (exact) mass is 213 g/mol. The molecular weight excluding hydrogens is 186 g/mol. The lowest BCUT2D eigenvalue weighted by Gasteiger charge is -2.37. The molecule has 0 radical (unpaired) electrons. The molecule has 1 fully saturated rings. The van der Waals surface area contributed by atoms with Crippen LogP contribution in [0.1, 0.15) is 59.3 Å². The van der Waals surface area contributed by atoms with Crippen molar-refractivity contribution in [3.63, 3.8) is 0 Å². The lowest BCUT2D eigenvalue weighted by molar-refractivity contribution is -0.0282. The molecule has 3 unspecified atom stereocenters. The second-order valence-electron chi connectivity index (χ2n) is 4.84. The van der Waals surface area contributed by atoms with Gasteiger partial charge in [-0.15, -0.1) is 0 Å². The molecule has 1 aliphatic rings. The average Bonchev–Trinajstić information content (AvgIpc) is 2.44. The predicted octanol–water partition coefficient (Wildman–Crippen LogP) is 3.01. The van der Waals surface area contributed by atoms with Crippen molar-refractivity contribution < 1.29 is 5.11 Å². The summed E-state index contributed by atoms with van der Waals surface area (Å²) in [4.78, 5) is 2.28. The summed E-state index contributed by atoms with van der Waals surface area (Å²) in [6.07, 6.45) is 7.70. The fraction of sp³-hybridized carbons (Fsp3) is 1.00. The lowest BCUT2D eigenvalue weighted by Crippen LogP contribution is -2.45. The van der Waals surface area contributed by atoms with Crippen LogP contribution in [0.4, 0.5) is 0 Å². The Morgan fingerprint density at radius 2 is 1.87 bits per heavy atom. The van der Waals surface area contributed by atoms with E-state index in [1.165, 1.54) is 38.5 Å². The van der Waals surface area contributed by atoms with Gasteiger partial charge in [-0.25, -0.2) is 0 Å². The van der Waals surface area contributed by atoms with Crippen LogP contribution in [0, 0.1) is 5.92 Å². The third kappa shape index (κ3) is 3.46. The zero-order chi connectivity index (χ0) is 11.3. The zero-order valence-electron chi connectivity index (χ0n) is 10.6. The van der Waals surface area contributed by atoms with E-state index >= 15 is 0 Å². The Morgan fingerprint density at radius 3 is 2.40 bits per heavy atom. The second-order valence-corrected chi connectivity index (χ2v) is 4.84. The van der Waals surface area contributed by atoms with Crippen molar-refractivity contribution in [2.75, 3.05) is 6.54 Å². The standard InChI is InChI=1S/C13H27NO/c1-4-12-9-7-6-8-10-13(12)14(5-2)11(3)15/h11-13,15H,4-10H2,1-3H3. The predicted molar refractivity (Wildman–Crippen MR) is 64.7 cm³/mol. The topological polar surface area (TPSA) is 23.5 Å². The van der Waals surface area contributed by atoms with Gasteiger partial charge in [-0.3, -0.25) is 4.90 Å². The summed E-state index contributed by atoms with van der Waals surface area (Å²) >= 11 is 0. The first-order chi connectivity index (χ1) is 7.20. The minimum absolute atomic E-state index is 0.285. The number of aliphatic hydroxyl groups is 1. The number of nitrogens with zero attached hydrogens (tertiary/aromatic N) is 1. The van der Waals surface area contributed by atoms with E-state index in [0.29, 0.717) is 6.04 Å². The molecule has 0 aromatic carbocycles. The summed E-state index contributed by atoms with van der Waals surface area (Å²) in [5.74, 6) is 0.794. The van der Waals surface area contributed by atoms with Gasteiger partial charge in [-0.1, -0.05) is 39.5 Å². The summed E-state index contributed by atoms with van der Waals surface area (Å²) in [7, 11) is 0. The fourth-order valence-electron chi connectivity index (χ4n) is 3.05. The molecule has 0 aliphatic heterocycles. The van der Waals surface area contributed by atoms with Crippen molar-refractivity contribution in [1.82, 2.24) is 4.90 Å². The summed E-state index contributed by atoms with van der Waals surface area (Å²) in [6.45, 7) is 7.32. The van der Waals surface area contributed by atoms with E-state index in [1.54, 1.807) is 0 Å². The SMILES string of the molecule is CCC1CCCCCC1N(CC)C(C)O. The van der Waals surface area contributed by atoms with Gasteiger partial charge in [0.05, 0.1) is 0 Å². The lowest BCUT2D eigenvalue weighted by atomic mass is 9.91. The fourth-order valence-corrected chi connectivity index (χ4v) is 3.05. The molecule has 0 saturated heterocycles. The van der Waals surface area contributed by atoms with Crippen LogP contribution in [-0.2, 0) is 0 Å². The van der Waals surface area contributed by atoms with Gasteiger partial charge in [0, 0.05) is 6.04 Å². The van der Waals surface area contributed by atoms with Gasteiger partial charge in [0.25, 0.3) is 0 Å². The van der Waals surface area contributed by atoms with Crippen LogP contribution in [0.3, 0.4) is 0 Å². The van der Waals surface area contributed by atoms with Gasteiger partial charge in [0.15, 0.2) is 0 Å². The molecule has 0 amide bonds. The Kier molecular flexibility index (Phi) is 5.62. The second kappa shape index (κ2) is 6.49. The van der Waals surface area contributed by atoms with Crippen molar-refractivity contribution in [3.8, 4) is 0 Å². The van der Waals surface area contributed by atoms with Crippen LogP contribution in [0.15, 0.2) is 0 Å². The molecular formula is C13H27NO. The van der Waals surface area contributed by atoms with Gasteiger partial charge < -0.3 is 5.11 Å². The van der Waals surface area contributed by atoms with Crippen molar-refractivity contribution in [2.45, 2.75) is 71.6 Å². The maximum Gasteiger partial charge on any atom is 0.104 e. The van der Waals surface area contributed by atoms with Gasteiger partial charge in [-0.2, -0.15) is 0 Å². The van der Waals surface area contributed by atoms with Crippen LogP contribution >= 0.6 is 0 Å². The van der Waals surface area contributed by atoms with E-state index in [9.17, 15) is 5.11 Å². The van der Waals surface area contributed by atoms with Crippen LogP contribution in [0.5, 0.6) is 0 Å². The van der Waals surface area contributed by atoms with E-state index in [-0.39, 0.29) is 6.23 Å². The molecule has 2 heteroatoms. The highest BCUT2D eigenvalue weighted by molar-refractivity contribution is 4.81. The molecule has 1 rings (SSSR count). The number of hydrogen-bond donors (Lipinski definition) is 1. The first-order valence-electron chi connectivity index (χ1n) is 6.64. The Balaban J connectivity index is 2.67. The van der Waals surface area contributed by atoms with E-state index in [4.69, 9.17) is 0 Å². The third-order valence-corrected chi connectivity index (χ3v) is 3.91. The van der Waals surface area contributed by atoms with Crippen molar-refractivity contribution in [3.05, 3.63) is 0 Å². The Hall–Kier alpha value is -0.0800. The first kappa shape index (κ1) is 13.0. The van der Waals surface area contributed by atoms with Gasteiger partial charge in [-0.05, 0) is 32.2 Å². The largest absolute Gasteiger partial charge is 0.379 e. The average molecular weight is 213 g/mol. The van der Waals surface area contributed by atoms with E-state index in [1.807, 2.05) is 6.92 Å². The molecule has 0 bridgehead atoms. The van der Waals surface area contributed by atoms with Crippen LogP contribution in [0.25, 0.3) is 0 Å². The smallest absolute Gasteiger partial charge is 0.104 e. The summed E-state index contributed by atoms with van der Waals surface area (Å²) in [6, 6.07) is 0.613. The molecule has 0 spiro atoms. The van der Waals surface area contributed by atoms with Crippen molar-refractivity contribution >= 4 is 0 Å². The Morgan fingerprint density at radius 1 is 1.20 bits per heavy atom. The molecule has 0 heterocycles. The zero-order valence-corrected chi connectivity index (χ0v) is 10.6. The molecule has 0 aromatic rings. The highest BCUT2D eigenvalue weighted by atomic mass is 16.3. The van der Waals surface area contributed by atoms with Crippen LogP contribution in [0.2, 0.25) is 0 Å². The highest BCUT2D eigenvalue weighted by Gasteiger charge is 2.28. The molecule has 0 aromatic heterocycles. The molecule has 15 heavy (non-hydrogen) atoms. The Labute approximate surface area is 94.7 Å². The summed E-state index contributed by atoms with van der Waals surface area (Å²) in [5.41, 5.74) is 0. The van der Waals surface area contributed by atoms with Gasteiger partial charge in [0.1, 0.15) is 6.23 Å². The van der Waals surface area contributed by atoms with Gasteiger partial charge >= 0.3 is 0 Å². The molecule has 90 valence electrons. The van der Waals surface area contributed by atoms with E-state index < -0.39 is 0 Å². The Bertz CT molecular complexity index is 170. The van der Waals surface area contributed by atoms with Crippen LogP contribution in [-0.4, -0.2) is 28.8 Å². The number of hydrogen-bond acceptors (Lipinski definition) is 2. The molecule has 1 saturated carbocycles. The number of aliphatic hydroxyl groups excluding tert-OH is 1. The quantitative estimate of drug-likeness (QED) is 0.573. The van der Waals surface area contributed by atoms with Crippen LogP contribution < -0.4 is 0 Å². The number of rotatable bonds is 4. The van der Waals surface area contributed by atoms with Crippen molar-refractivity contribution in [2.24, 2.45) is 5.92 Å². The normalized spacial score (nSPS) is 30.2. The molecule has 3 atom stereocenters. The third-order valence-electron chi connectivity index (χ3n) is 3.91. The molecule has 1 aliphatic carbocycles. The summed E-state index contributed by atoms with van der Waals surface area (Å²) < 4.78 is 0. The maximum atomic E-state index is 9.80. The van der Waals surface area contributed by atoms with E-state index in [2.05, 4.69) is 18.7 Å².